The van der Waals surface area contributed by atoms with Crippen LogP contribution in [-0.2, 0) is 14.3 Å². The topological polar surface area (TPSA) is 87.7 Å². The number of rotatable bonds is 9. The summed E-state index contributed by atoms with van der Waals surface area (Å²) in [6.45, 7) is 6.56. The average molecular weight is 444 g/mol. The molecule has 0 bridgehead atoms. The minimum Gasteiger partial charge on any atom is -0.465 e. The molecule has 31 heavy (non-hydrogen) atoms. The van der Waals surface area contributed by atoms with Gasteiger partial charge in [-0.25, -0.2) is 4.79 Å². The molecule has 0 atom stereocenters. The Bertz CT molecular complexity index is 981. The third-order valence-electron chi connectivity index (χ3n) is 5.22. The Hall–Kier alpha value is -2.71. The predicted octanol–water partition coefficient (Wildman–Crippen LogP) is 3.89. The van der Waals surface area contributed by atoms with Crippen LogP contribution < -0.4 is 10.6 Å². The zero-order chi connectivity index (χ0) is 22.5. The lowest BCUT2D eigenvalue weighted by Crippen LogP contribution is -2.37. The molecule has 1 aromatic heterocycles. The number of nitrogens with one attached hydrogen (secondary N) is 2. The van der Waals surface area contributed by atoms with Gasteiger partial charge in [0.15, 0.2) is 0 Å². The van der Waals surface area contributed by atoms with Crippen LogP contribution >= 0.6 is 11.3 Å². The highest BCUT2D eigenvalue weighted by Crippen LogP contribution is 2.29. The van der Waals surface area contributed by atoms with Crippen LogP contribution in [0.2, 0.25) is 0 Å². The van der Waals surface area contributed by atoms with Gasteiger partial charge >= 0.3 is 5.97 Å². The molecular weight excluding hydrogens is 414 g/mol. The number of aryl methyl sites for hydroxylation is 3. The fourth-order valence-corrected chi connectivity index (χ4v) is 4.29. The molecule has 1 aliphatic rings. The van der Waals surface area contributed by atoms with Gasteiger partial charge < -0.3 is 15.4 Å². The lowest BCUT2D eigenvalue weighted by Gasteiger charge is -2.21. The van der Waals surface area contributed by atoms with E-state index in [0.29, 0.717) is 23.2 Å². The Morgan fingerprint density at radius 1 is 1.10 bits per heavy atom. The maximum absolute atomic E-state index is 12.6. The third-order valence-corrected chi connectivity index (χ3v) is 6.18. The van der Waals surface area contributed by atoms with Crippen molar-refractivity contribution in [3.8, 4) is 0 Å². The van der Waals surface area contributed by atoms with Gasteiger partial charge in [-0.1, -0.05) is 12.1 Å². The van der Waals surface area contributed by atoms with Crippen molar-refractivity contribution in [1.29, 1.82) is 0 Å². The molecule has 7 nitrogen and oxygen atoms in total. The van der Waals surface area contributed by atoms with Crippen LogP contribution in [0.3, 0.4) is 0 Å². The van der Waals surface area contributed by atoms with Crippen LogP contribution in [0.25, 0.3) is 0 Å². The summed E-state index contributed by atoms with van der Waals surface area (Å²) >= 11 is 1.34. The van der Waals surface area contributed by atoms with Crippen molar-refractivity contribution in [3.63, 3.8) is 0 Å². The highest BCUT2D eigenvalue weighted by molar-refractivity contribution is 7.16. The van der Waals surface area contributed by atoms with Gasteiger partial charge in [-0.05, 0) is 56.9 Å². The summed E-state index contributed by atoms with van der Waals surface area (Å²) in [7, 11) is 1.32. The number of thiophene rings is 1. The molecule has 0 aliphatic heterocycles. The van der Waals surface area contributed by atoms with E-state index in [1.807, 2.05) is 39.0 Å². The van der Waals surface area contributed by atoms with Crippen LogP contribution in [0, 0.1) is 20.8 Å². The van der Waals surface area contributed by atoms with Crippen molar-refractivity contribution in [2.24, 2.45) is 0 Å². The number of anilines is 2. The number of methoxy groups -OCH3 is 1. The number of carbonyl (C=O) groups is 3. The molecule has 0 radical (unpaired) electrons. The number of nitrogens with zero attached hydrogens (tertiary/aromatic N) is 1. The molecular formula is C23H29N3O4S. The minimum absolute atomic E-state index is 0.0807. The molecule has 1 aliphatic carbocycles. The Kier molecular flexibility index (Phi) is 7.46. The van der Waals surface area contributed by atoms with Gasteiger partial charge in [-0.3, -0.25) is 14.5 Å². The van der Waals surface area contributed by atoms with Crippen LogP contribution in [-0.4, -0.2) is 48.9 Å². The van der Waals surface area contributed by atoms with Gasteiger partial charge in [0.1, 0.15) is 5.00 Å². The van der Waals surface area contributed by atoms with E-state index >= 15 is 0 Å². The molecule has 1 heterocycles. The first-order valence-corrected chi connectivity index (χ1v) is 11.2. The molecule has 1 aromatic carbocycles. The largest absolute Gasteiger partial charge is 0.465 e. The smallest absolute Gasteiger partial charge is 0.340 e. The minimum atomic E-state index is -0.470. The monoisotopic (exact) mass is 443 g/mol. The van der Waals surface area contributed by atoms with Gasteiger partial charge in [-0.15, -0.1) is 11.3 Å². The molecule has 166 valence electrons. The van der Waals surface area contributed by atoms with Crippen LogP contribution in [0.1, 0.15) is 45.6 Å². The van der Waals surface area contributed by atoms with Crippen molar-refractivity contribution >= 4 is 39.8 Å². The van der Waals surface area contributed by atoms with E-state index in [2.05, 4.69) is 15.5 Å². The van der Waals surface area contributed by atoms with E-state index in [4.69, 9.17) is 4.74 Å². The maximum Gasteiger partial charge on any atom is 0.340 e. The first kappa shape index (κ1) is 23.0. The van der Waals surface area contributed by atoms with Crippen LogP contribution in [0.15, 0.2) is 24.3 Å². The maximum atomic E-state index is 12.6. The number of amides is 2. The molecule has 2 aromatic rings. The van der Waals surface area contributed by atoms with Gasteiger partial charge in [0, 0.05) is 29.6 Å². The summed E-state index contributed by atoms with van der Waals surface area (Å²) < 4.78 is 4.78. The molecule has 3 rings (SSSR count). The summed E-state index contributed by atoms with van der Waals surface area (Å²) in [6.07, 6.45) is 2.31. The summed E-state index contributed by atoms with van der Waals surface area (Å²) in [5.74, 6) is -0.738. The molecule has 0 saturated heterocycles. The fourth-order valence-electron chi connectivity index (χ4n) is 3.38. The average Bonchev–Trinajstić information content (AvgIpc) is 3.50. The summed E-state index contributed by atoms with van der Waals surface area (Å²) in [6, 6.07) is 8.01. The second kappa shape index (κ2) is 10.1. The first-order valence-electron chi connectivity index (χ1n) is 10.4. The summed E-state index contributed by atoms with van der Waals surface area (Å²) in [4.78, 5) is 40.0. The number of carbonyl (C=O) groups excluding carboxylic acids is 3. The van der Waals surface area contributed by atoms with Crippen LogP contribution in [0.4, 0.5) is 10.7 Å². The first-order chi connectivity index (χ1) is 14.8. The Balaban J connectivity index is 1.55. The second-order valence-corrected chi connectivity index (χ2v) is 9.21. The molecule has 1 fully saturated rings. The van der Waals surface area contributed by atoms with Gasteiger partial charge in [-0.2, -0.15) is 0 Å². The quantitative estimate of drug-likeness (QED) is 0.574. The van der Waals surface area contributed by atoms with E-state index in [0.717, 1.165) is 34.5 Å². The Labute approximate surface area is 186 Å². The number of hydrogen-bond donors (Lipinski definition) is 2. The second-order valence-electron chi connectivity index (χ2n) is 7.96. The van der Waals surface area contributed by atoms with Crippen molar-refractivity contribution < 1.29 is 19.1 Å². The van der Waals surface area contributed by atoms with Crippen molar-refractivity contribution in [2.75, 3.05) is 30.8 Å². The fraction of sp³-hybridized carbons (Fsp3) is 0.435. The van der Waals surface area contributed by atoms with E-state index in [1.165, 1.54) is 18.4 Å². The summed E-state index contributed by atoms with van der Waals surface area (Å²) in [5, 5.41) is 6.31. The number of benzene rings is 1. The van der Waals surface area contributed by atoms with Gasteiger partial charge in [0.25, 0.3) is 0 Å². The standard InChI is InChI=1S/C23H29N3O4S/c1-14-5-6-15(2)19(11-14)24-21(28)13-26(17-7-8-17)10-9-20(27)25-22-18(23(29)30-4)12-16(3)31-22/h5-6,11-12,17H,7-10,13H2,1-4H3,(H,24,28)(H,25,27). The lowest BCUT2D eigenvalue weighted by atomic mass is 10.1. The Morgan fingerprint density at radius 3 is 2.52 bits per heavy atom. The van der Waals surface area contributed by atoms with E-state index < -0.39 is 5.97 Å². The zero-order valence-corrected chi connectivity index (χ0v) is 19.2. The molecule has 1 saturated carbocycles. The van der Waals surface area contributed by atoms with Crippen molar-refractivity contribution in [3.05, 3.63) is 45.8 Å². The highest BCUT2D eigenvalue weighted by Gasteiger charge is 2.30. The zero-order valence-electron chi connectivity index (χ0n) is 18.4. The van der Waals surface area contributed by atoms with E-state index in [-0.39, 0.29) is 24.8 Å². The molecule has 2 amide bonds. The Morgan fingerprint density at radius 2 is 1.84 bits per heavy atom. The predicted molar refractivity (Wildman–Crippen MR) is 123 cm³/mol. The van der Waals surface area contributed by atoms with Gasteiger partial charge in [0.05, 0.1) is 19.2 Å². The lowest BCUT2D eigenvalue weighted by molar-refractivity contribution is -0.119. The van der Waals surface area contributed by atoms with Gasteiger partial charge in [0.2, 0.25) is 11.8 Å². The number of esters is 1. The number of ether oxygens (including phenoxy) is 1. The molecule has 0 spiro atoms. The van der Waals surface area contributed by atoms with E-state index in [9.17, 15) is 14.4 Å². The SMILES string of the molecule is COC(=O)c1cc(C)sc1NC(=O)CCN(CC(=O)Nc1cc(C)ccc1C)C1CC1. The molecule has 2 N–H and O–H groups in total. The van der Waals surface area contributed by atoms with E-state index in [1.54, 1.807) is 6.07 Å². The third kappa shape index (κ3) is 6.38. The van der Waals surface area contributed by atoms with Crippen molar-refractivity contribution in [1.82, 2.24) is 4.90 Å². The molecule has 8 heteroatoms. The van der Waals surface area contributed by atoms with Crippen LogP contribution in [0.5, 0.6) is 0 Å². The highest BCUT2D eigenvalue weighted by atomic mass is 32.1. The van der Waals surface area contributed by atoms with Crippen molar-refractivity contribution in [2.45, 2.75) is 46.1 Å². The molecule has 0 unspecified atom stereocenters. The summed E-state index contributed by atoms with van der Waals surface area (Å²) in [5.41, 5.74) is 3.29. The normalized spacial score (nSPS) is 13.2. The number of hydrogen-bond acceptors (Lipinski definition) is 6.